The highest BCUT2D eigenvalue weighted by Gasteiger charge is 2.46. The molecule has 0 aromatic carbocycles. The summed E-state index contributed by atoms with van der Waals surface area (Å²) >= 11 is 0. The minimum Gasteiger partial charge on any atom is -0.317 e. The number of nitrogens with zero attached hydrogens (tertiary/aromatic N) is 1. The molecule has 2 fully saturated rings. The van der Waals surface area contributed by atoms with E-state index in [1.807, 2.05) is 0 Å². The largest absolute Gasteiger partial charge is 0.317 e. The van der Waals surface area contributed by atoms with Crippen molar-refractivity contribution in [1.29, 1.82) is 0 Å². The van der Waals surface area contributed by atoms with E-state index in [0.717, 1.165) is 25.9 Å². The van der Waals surface area contributed by atoms with Crippen LogP contribution in [-0.4, -0.2) is 35.6 Å². The standard InChI is InChI=1S/C10H19N3O.ClH/c1-8(2)13-10(7-9(14)12-13)3-5-11-6-4-10;/h8,11H,3-7H2,1-2H3,(H,12,14);1H. The lowest BCUT2D eigenvalue weighted by Gasteiger charge is -2.42. The fraction of sp³-hybridized carbons (Fsp3) is 0.900. The molecule has 0 unspecified atom stereocenters. The molecule has 2 N–H and O–H groups in total. The van der Waals surface area contributed by atoms with Crippen LogP contribution < -0.4 is 10.7 Å². The van der Waals surface area contributed by atoms with Crippen LogP contribution in [0.2, 0.25) is 0 Å². The van der Waals surface area contributed by atoms with Gasteiger partial charge in [-0.15, -0.1) is 12.4 Å². The summed E-state index contributed by atoms with van der Waals surface area (Å²) in [5, 5.41) is 5.51. The summed E-state index contributed by atoms with van der Waals surface area (Å²) < 4.78 is 0. The fourth-order valence-electron chi connectivity index (χ4n) is 2.66. The molecule has 1 amide bonds. The van der Waals surface area contributed by atoms with Crippen molar-refractivity contribution in [3.05, 3.63) is 0 Å². The van der Waals surface area contributed by atoms with Crippen molar-refractivity contribution in [3.8, 4) is 0 Å². The molecule has 88 valence electrons. The summed E-state index contributed by atoms with van der Waals surface area (Å²) in [5.41, 5.74) is 3.07. The first kappa shape index (κ1) is 12.7. The summed E-state index contributed by atoms with van der Waals surface area (Å²) in [6.07, 6.45) is 2.82. The first-order valence-corrected chi connectivity index (χ1v) is 5.44. The van der Waals surface area contributed by atoms with E-state index < -0.39 is 0 Å². The molecular formula is C10H20ClN3O. The van der Waals surface area contributed by atoms with Crippen molar-refractivity contribution >= 4 is 18.3 Å². The second kappa shape index (κ2) is 4.68. The van der Waals surface area contributed by atoms with Crippen LogP contribution in [0.4, 0.5) is 0 Å². The molecule has 1 spiro atoms. The van der Waals surface area contributed by atoms with Crippen LogP contribution in [-0.2, 0) is 4.79 Å². The Morgan fingerprint density at radius 3 is 2.47 bits per heavy atom. The number of carbonyl (C=O) groups excluding carboxylic acids is 1. The van der Waals surface area contributed by atoms with E-state index in [9.17, 15) is 4.79 Å². The smallest absolute Gasteiger partial charge is 0.236 e. The van der Waals surface area contributed by atoms with Gasteiger partial charge in [0.25, 0.3) is 0 Å². The Morgan fingerprint density at radius 1 is 1.33 bits per heavy atom. The van der Waals surface area contributed by atoms with Crippen LogP contribution in [0.25, 0.3) is 0 Å². The molecule has 0 aliphatic carbocycles. The van der Waals surface area contributed by atoms with Crippen LogP contribution in [0.1, 0.15) is 33.1 Å². The van der Waals surface area contributed by atoms with Gasteiger partial charge in [0.1, 0.15) is 0 Å². The second-order valence-corrected chi connectivity index (χ2v) is 4.65. The summed E-state index contributed by atoms with van der Waals surface area (Å²) in [5.74, 6) is 0.181. The molecule has 2 saturated heterocycles. The number of carbonyl (C=O) groups is 1. The van der Waals surface area contributed by atoms with Crippen molar-refractivity contribution in [1.82, 2.24) is 15.8 Å². The average Bonchev–Trinajstić information content (AvgIpc) is 2.44. The molecule has 0 aromatic heterocycles. The maximum atomic E-state index is 11.5. The van der Waals surface area contributed by atoms with Gasteiger partial charge < -0.3 is 5.32 Å². The van der Waals surface area contributed by atoms with Gasteiger partial charge in [-0.2, -0.15) is 0 Å². The third-order valence-electron chi connectivity index (χ3n) is 3.30. The fourth-order valence-corrected chi connectivity index (χ4v) is 2.66. The first-order valence-electron chi connectivity index (χ1n) is 5.44. The van der Waals surface area contributed by atoms with Crippen LogP contribution in [0, 0.1) is 0 Å². The van der Waals surface area contributed by atoms with Crippen molar-refractivity contribution in [2.75, 3.05) is 13.1 Å². The Morgan fingerprint density at radius 2 is 1.93 bits per heavy atom. The van der Waals surface area contributed by atoms with Crippen molar-refractivity contribution in [2.45, 2.75) is 44.7 Å². The van der Waals surface area contributed by atoms with E-state index in [1.54, 1.807) is 0 Å². The van der Waals surface area contributed by atoms with Crippen LogP contribution in [0.5, 0.6) is 0 Å². The molecule has 4 nitrogen and oxygen atoms in total. The molecule has 0 atom stereocenters. The molecule has 0 saturated carbocycles. The number of nitrogens with one attached hydrogen (secondary N) is 2. The van der Waals surface area contributed by atoms with Gasteiger partial charge in [0.15, 0.2) is 0 Å². The van der Waals surface area contributed by atoms with Crippen molar-refractivity contribution in [2.24, 2.45) is 0 Å². The van der Waals surface area contributed by atoms with Gasteiger partial charge in [-0.1, -0.05) is 0 Å². The minimum absolute atomic E-state index is 0. The van der Waals surface area contributed by atoms with Crippen molar-refractivity contribution in [3.63, 3.8) is 0 Å². The molecule has 2 rings (SSSR count). The molecule has 2 aliphatic heterocycles. The highest BCUT2D eigenvalue weighted by Crippen LogP contribution is 2.34. The lowest BCUT2D eigenvalue weighted by atomic mass is 9.85. The Kier molecular flexibility index (Phi) is 3.98. The van der Waals surface area contributed by atoms with Gasteiger partial charge in [-0.25, -0.2) is 5.01 Å². The normalized spacial score (nSPS) is 25.4. The summed E-state index contributed by atoms with van der Waals surface area (Å²) in [6, 6.07) is 0.388. The SMILES string of the molecule is CC(C)N1NC(=O)CC12CCNCC2.Cl. The maximum absolute atomic E-state index is 11.5. The highest BCUT2D eigenvalue weighted by molar-refractivity contribution is 5.85. The van der Waals surface area contributed by atoms with Gasteiger partial charge in [-0.05, 0) is 39.8 Å². The molecule has 0 aromatic rings. The Balaban J connectivity index is 0.00000112. The number of hydrogen-bond acceptors (Lipinski definition) is 3. The summed E-state index contributed by atoms with van der Waals surface area (Å²) in [7, 11) is 0. The third-order valence-corrected chi connectivity index (χ3v) is 3.30. The van der Waals surface area contributed by atoms with Crippen LogP contribution >= 0.6 is 12.4 Å². The van der Waals surface area contributed by atoms with E-state index in [2.05, 4.69) is 29.6 Å². The zero-order valence-electron chi connectivity index (χ0n) is 9.38. The highest BCUT2D eigenvalue weighted by atomic mass is 35.5. The Bertz CT molecular complexity index is 239. The second-order valence-electron chi connectivity index (χ2n) is 4.65. The number of halogens is 1. The number of rotatable bonds is 1. The molecule has 0 radical (unpaired) electrons. The predicted octanol–water partition coefficient (Wildman–Crippen LogP) is 0.676. The van der Waals surface area contributed by atoms with E-state index in [0.29, 0.717) is 12.5 Å². The van der Waals surface area contributed by atoms with Crippen molar-refractivity contribution < 1.29 is 4.79 Å². The van der Waals surface area contributed by atoms with E-state index >= 15 is 0 Å². The van der Waals surface area contributed by atoms with Gasteiger partial charge in [0, 0.05) is 12.5 Å². The van der Waals surface area contributed by atoms with Crippen LogP contribution in [0.3, 0.4) is 0 Å². The van der Waals surface area contributed by atoms with Gasteiger partial charge in [0.2, 0.25) is 5.91 Å². The third kappa shape index (κ3) is 2.27. The van der Waals surface area contributed by atoms with E-state index in [-0.39, 0.29) is 23.9 Å². The van der Waals surface area contributed by atoms with Crippen LogP contribution in [0.15, 0.2) is 0 Å². The number of hydrazine groups is 1. The van der Waals surface area contributed by atoms with E-state index in [4.69, 9.17) is 0 Å². The average molecular weight is 234 g/mol. The van der Waals surface area contributed by atoms with Gasteiger partial charge in [0.05, 0.1) is 5.54 Å². The molecule has 0 bridgehead atoms. The molecule has 2 aliphatic rings. The van der Waals surface area contributed by atoms with Gasteiger partial charge in [-0.3, -0.25) is 10.2 Å². The number of amides is 1. The van der Waals surface area contributed by atoms with Gasteiger partial charge >= 0.3 is 0 Å². The first-order chi connectivity index (χ1) is 6.64. The Hall–Kier alpha value is -0.320. The zero-order valence-corrected chi connectivity index (χ0v) is 10.2. The predicted molar refractivity (Wildman–Crippen MR) is 61.8 cm³/mol. The molecule has 2 heterocycles. The minimum atomic E-state index is 0. The molecule has 5 heteroatoms. The maximum Gasteiger partial charge on any atom is 0.236 e. The lowest BCUT2D eigenvalue weighted by molar-refractivity contribution is -0.121. The summed E-state index contributed by atoms with van der Waals surface area (Å²) in [4.78, 5) is 11.5. The lowest BCUT2D eigenvalue weighted by Crippen LogP contribution is -2.56. The molecular weight excluding hydrogens is 214 g/mol. The zero-order chi connectivity index (χ0) is 10.2. The number of piperidine rings is 1. The Labute approximate surface area is 97.2 Å². The monoisotopic (exact) mass is 233 g/mol. The quantitative estimate of drug-likeness (QED) is 0.700. The molecule has 15 heavy (non-hydrogen) atoms. The van der Waals surface area contributed by atoms with E-state index in [1.165, 1.54) is 0 Å². The topological polar surface area (TPSA) is 44.4 Å². The summed E-state index contributed by atoms with van der Waals surface area (Å²) in [6.45, 7) is 6.32. The number of hydrogen-bond donors (Lipinski definition) is 2.